The van der Waals surface area contributed by atoms with Gasteiger partial charge in [0, 0.05) is 13.7 Å². The maximum atomic E-state index is 9.86. The normalized spacial score (nSPS) is 17.5. The summed E-state index contributed by atoms with van der Waals surface area (Å²) < 4.78 is 10.5. The molecule has 0 aliphatic carbocycles. The Labute approximate surface area is 108 Å². The molecule has 0 aliphatic rings. The molecule has 0 aliphatic heterocycles. The lowest BCUT2D eigenvalue weighted by molar-refractivity contribution is 0.00718. The molecule has 0 saturated heterocycles. The SMILES string of the molecule is COC(c1noc(CC(C)(O)CN)n1)C(C)(C)C. The third-order valence-corrected chi connectivity index (χ3v) is 2.71. The Morgan fingerprint density at radius 3 is 2.44 bits per heavy atom. The molecule has 1 rings (SSSR count). The van der Waals surface area contributed by atoms with Crippen molar-refractivity contribution in [1.29, 1.82) is 0 Å². The minimum atomic E-state index is -1.03. The van der Waals surface area contributed by atoms with Crippen LogP contribution in [0.15, 0.2) is 4.52 Å². The molecule has 2 atom stereocenters. The molecule has 0 saturated carbocycles. The molecule has 0 fully saturated rings. The number of methoxy groups -OCH3 is 1. The quantitative estimate of drug-likeness (QED) is 0.819. The van der Waals surface area contributed by atoms with Crippen LogP contribution in [0.25, 0.3) is 0 Å². The van der Waals surface area contributed by atoms with Crippen LogP contribution >= 0.6 is 0 Å². The molecule has 0 radical (unpaired) electrons. The highest BCUT2D eigenvalue weighted by Gasteiger charge is 2.31. The highest BCUT2D eigenvalue weighted by molar-refractivity contribution is 4.98. The molecule has 6 heteroatoms. The van der Waals surface area contributed by atoms with Gasteiger partial charge in [0.1, 0.15) is 6.10 Å². The molecule has 2 unspecified atom stereocenters. The first-order valence-electron chi connectivity index (χ1n) is 5.97. The van der Waals surface area contributed by atoms with Crippen LogP contribution in [-0.4, -0.2) is 34.5 Å². The maximum Gasteiger partial charge on any atom is 0.229 e. The van der Waals surface area contributed by atoms with Gasteiger partial charge in [-0.05, 0) is 12.3 Å². The fraction of sp³-hybridized carbons (Fsp3) is 0.833. The summed E-state index contributed by atoms with van der Waals surface area (Å²) in [5, 5.41) is 13.8. The van der Waals surface area contributed by atoms with E-state index in [0.717, 1.165) is 0 Å². The van der Waals surface area contributed by atoms with Gasteiger partial charge >= 0.3 is 0 Å². The fourth-order valence-corrected chi connectivity index (χ4v) is 1.69. The lowest BCUT2D eigenvalue weighted by Gasteiger charge is -2.26. The minimum absolute atomic E-state index is 0.133. The van der Waals surface area contributed by atoms with Gasteiger partial charge in [0.05, 0.1) is 12.0 Å². The summed E-state index contributed by atoms with van der Waals surface area (Å²) in [7, 11) is 1.61. The Morgan fingerprint density at radius 1 is 1.39 bits per heavy atom. The molecule has 3 N–H and O–H groups in total. The third kappa shape index (κ3) is 3.76. The maximum absolute atomic E-state index is 9.86. The summed E-state index contributed by atoms with van der Waals surface area (Å²) in [6, 6.07) is 0. The van der Waals surface area contributed by atoms with Gasteiger partial charge in [-0.25, -0.2) is 0 Å². The van der Waals surface area contributed by atoms with E-state index in [4.69, 9.17) is 15.0 Å². The first kappa shape index (κ1) is 15.1. The number of hydrogen-bond acceptors (Lipinski definition) is 6. The van der Waals surface area contributed by atoms with Crippen LogP contribution in [-0.2, 0) is 11.2 Å². The van der Waals surface area contributed by atoms with Crippen molar-refractivity contribution in [1.82, 2.24) is 10.1 Å². The largest absolute Gasteiger partial charge is 0.388 e. The van der Waals surface area contributed by atoms with E-state index in [1.165, 1.54) is 0 Å². The second-order valence-corrected chi connectivity index (χ2v) is 5.91. The average Bonchev–Trinajstić information content (AvgIpc) is 2.64. The van der Waals surface area contributed by atoms with Gasteiger partial charge in [0.25, 0.3) is 0 Å². The Morgan fingerprint density at radius 2 is 2.00 bits per heavy atom. The summed E-state index contributed by atoms with van der Waals surface area (Å²) >= 11 is 0. The molecule has 1 aromatic rings. The van der Waals surface area contributed by atoms with Gasteiger partial charge in [-0.15, -0.1) is 0 Å². The van der Waals surface area contributed by atoms with Crippen LogP contribution in [0.5, 0.6) is 0 Å². The molecule has 18 heavy (non-hydrogen) atoms. The van der Waals surface area contributed by atoms with Crippen molar-refractivity contribution < 1.29 is 14.4 Å². The molecule has 6 nitrogen and oxygen atoms in total. The van der Waals surface area contributed by atoms with Gasteiger partial charge in [0.15, 0.2) is 0 Å². The monoisotopic (exact) mass is 257 g/mol. The van der Waals surface area contributed by atoms with Gasteiger partial charge in [0.2, 0.25) is 11.7 Å². The minimum Gasteiger partial charge on any atom is -0.388 e. The van der Waals surface area contributed by atoms with Crippen molar-refractivity contribution in [3.63, 3.8) is 0 Å². The van der Waals surface area contributed by atoms with E-state index >= 15 is 0 Å². The fourth-order valence-electron chi connectivity index (χ4n) is 1.69. The molecule has 0 bridgehead atoms. The van der Waals surface area contributed by atoms with Crippen molar-refractivity contribution in [2.75, 3.05) is 13.7 Å². The summed E-state index contributed by atoms with van der Waals surface area (Å²) in [5.74, 6) is 0.861. The summed E-state index contributed by atoms with van der Waals surface area (Å²) in [4.78, 5) is 4.26. The first-order chi connectivity index (χ1) is 8.19. The molecular weight excluding hydrogens is 234 g/mol. The Bertz CT molecular complexity index is 382. The first-order valence-corrected chi connectivity index (χ1v) is 5.97. The number of hydrogen-bond donors (Lipinski definition) is 2. The molecule has 1 aromatic heterocycles. The number of aromatic nitrogens is 2. The summed E-state index contributed by atoms with van der Waals surface area (Å²) in [6.07, 6.45) is -0.0188. The number of aliphatic hydroxyl groups is 1. The van der Waals surface area contributed by atoms with Gasteiger partial charge < -0.3 is 20.1 Å². The standard InChI is InChI=1S/C12H23N3O3/c1-11(2,3)9(17-5)10-14-8(18-15-10)6-12(4,16)7-13/h9,16H,6-7,13H2,1-5H3. The second-order valence-electron chi connectivity index (χ2n) is 5.91. The van der Waals surface area contributed by atoms with E-state index < -0.39 is 5.60 Å². The number of nitrogens with two attached hydrogens (primary N) is 1. The van der Waals surface area contributed by atoms with Crippen molar-refractivity contribution in [2.45, 2.75) is 45.8 Å². The van der Waals surface area contributed by atoms with Gasteiger partial charge in [-0.2, -0.15) is 4.98 Å². The van der Waals surface area contributed by atoms with Crippen molar-refractivity contribution in [2.24, 2.45) is 11.1 Å². The van der Waals surface area contributed by atoms with E-state index in [1.807, 2.05) is 20.8 Å². The van der Waals surface area contributed by atoms with Crippen molar-refractivity contribution >= 4 is 0 Å². The predicted molar refractivity (Wildman–Crippen MR) is 66.9 cm³/mol. The molecule has 1 heterocycles. The van der Waals surface area contributed by atoms with Gasteiger partial charge in [-0.3, -0.25) is 0 Å². The van der Waals surface area contributed by atoms with Crippen molar-refractivity contribution in [3.8, 4) is 0 Å². The number of ether oxygens (including phenoxy) is 1. The van der Waals surface area contributed by atoms with E-state index in [9.17, 15) is 5.11 Å². The van der Waals surface area contributed by atoms with E-state index in [1.54, 1.807) is 14.0 Å². The molecule has 0 aromatic carbocycles. The van der Waals surface area contributed by atoms with E-state index in [0.29, 0.717) is 11.7 Å². The summed E-state index contributed by atoms with van der Waals surface area (Å²) in [5.41, 5.74) is 4.29. The summed E-state index contributed by atoms with van der Waals surface area (Å²) in [6.45, 7) is 7.87. The Hall–Kier alpha value is -0.980. The van der Waals surface area contributed by atoms with Crippen LogP contribution in [0.1, 0.15) is 45.5 Å². The van der Waals surface area contributed by atoms with Crippen LogP contribution < -0.4 is 5.73 Å². The Kier molecular flexibility index (Phi) is 4.47. The van der Waals surface area contributed by atoms with Crippen LogP contribution in [0.4, 0.5) is 0 Å². The van der Waals surface area contributed by atoms with Crippen LogP contribution in [0.3, 0.4) is 0 Å². The second kappa shape index (κ2) is 5.34. The van der Waals surface area contributed by atoms with Crippen LogP contribution in [0, 0.1) is 5.41 Å². The van der Waals surface area contributed by atoms with Crippen LogP contribution in [0.2, 0.25) is 0 Å². The smallest absolute Gasteiger partial charge is 0.229 e. The lowest BCUT2D eigenvalue weighted by Crippen LogP contribution is -2.36. The molecular formula is C12H23N3O3. The highest BCUT2D eigenvalue weighted by atomic mass is 16.5. The zero-order valence-electron chi connectivity index (χ0n) is 11.7. The van der Waals surface area contributed by atoms with E-state index in [2.05, 4.69) is 10.1 Å². The van der Waals surface area contributed by atoms with E-state index in [-0.39, 0.29) is 24.5 Å². The predicted octanol–water partition coefficient (Wildman–Crippen LogP) is 1.06. The third-order valence-electron chi connectivity index (χ3n) is 2.71. The average molecular weight is 257 g/mol. The molecule has 0 amide bonds. The number of rotatable bonds is 5. The van der Waals surface area contributed by atoms with Crippen molar-refractivity contribution in [3.05, 3.63) is 11.7 Å². The van der Waals surface area contributed by atoms with Gasteiger partial charge in [-0.1, -0.05) is 25.9 Å². The number of nitrogens with zero attached hydrogens (tertiary/aromatic N) is 2. The zero-order valence-corrected chi connectivity index (χ0v) is 11.7. The lowest BCUT2D eigenvalue weighted by atomic mass is 9.88. The topological polar surface area (TPSA) is 94.4 Å². The zero-order chi connectivity index (χ0) is 14.0. The Balaban J connectivity index is 2.86. The highest BCUT2D eigenvalue weighted by Crippen LogP contribution is 2.33. The molecule has 0 spiro atoms. The molecule has 104 valence electrons.